The molecule has 0 radical (unpaired) electrons. The number of ether oxygens (including phenoxy) is 2. The van der Waals surface area contributed by atoms with E-state index in [2.05, 4.69) is 4.98 Å². The largest absolute Gasteiger partial charge is 0.454 e. The Balaban J connectivity index is 1.96. The highest BCUT2D eigenvalue weighted by Gasteiger charge is 2.19. The Kier molecular flexibility index (Phi) is 2.58. The van der Waals surface area contributed by atoms with Gasteiger partial charge in [-0.25, -0.2) is 9.37 Å². The predicted octanol–water partition coefficient (Wildman–Crippen LogP) is 2.36. The van der Waals surface area contributed by atoms with Crippen molar-refractivity contribution in [2.24, 2.45) is 0 Å². The molecule has 106 valence electrons. The van der Waals surface area contributed by atoms with Gasteiger partial charge in [0.05, 0.1) is 18.0 Å². The van der Waals surface area contributed by atoms with E-state index in [-0.39, 0.29) is 19.0 Å². The fourth-order valence-corrected chi connectivity index (χ4v) is 2.51. The summed E-state index contributed by atoms with van der Waals surface area (Å²) in [5.41, 5.74) is 1.99. The van der Waals surface area contributed by atoms with Crippen molar-refractivity contribution in [3.05, 3.63) is 48.0 Å². The molecular formula is C15H11FN2O3. The second-order valence-corrected chi connectivity index (χ2v) is 4.68. The second-order valence-electron chi connectivity index (χ2n) is 4.68. The Bertz CT molecular complexity index is 844. The molecule has 5 nitrogen and oxygen atoms in total. The number of aliphatic hydroxyl groups excluding tert-OH is 1. The number of fused-ring (bicyclic) bond motifs is 2. The maximum atomic E-state index is 13.8. The molecule has 0 aliphatic carbocycles. The van der Waals surface area contributed by atoms with Crippen molar-refractivity contribution in [1.29, 1.82) is 0 Å². The summed E-state index contributed by atoms with van der Waals surface area (Å²) in [7, 11) is 0. The highest BCUT2D eigenvalue weighted by molar-refractivity contribution is 5.69. The molecule has 3 aromatic rings. The number of hydrogen-bond acceptors (Lipinski definition) is 4. The smallest absolute Gasteiger partial charge is 0.231 e. The summed E-state index contributed by atoms with van der Waals surface area (Å²) in [4.78, 5) is 4.31. The minimum atomic E-state index is -0.431. The van der Waals surface area contributed by atoms with Gasteiger partial charge < -0.3 is 14.6 Å². The summed E-state index contributed by atoms with van der Waals surface area (Å²) in [6, 6.07) is 8.28. The Morgan fingerprint density at radius 1 is 1.24 bits per heavy atom. The number of pyridine rings is 1. The van der Waals surface area contributed by atoms with Crippen molar-refractivity contribution in [2.75, 3.05) is 6.79 Å². The van der Waals surface area contributed by atoms with Crippen LogP contribution in [0.5, 0.6) is 11.5 Å². The third kappa shape index (κ3) is 1.76. The Morgan fingerprint density at radius 2 is 2.10 bits per heavy atom. The molecule has 1 N–H and O–H groups in total. The van der Waals surface area contributed by atoms with Crippen molar-refractivity contribution < 1.29 is 19.0 Å². The van der Waals surface area contributed by atoms with E-state index in [1.54, 1.807) is 28.8 Å². The van der Waals surface area contributed by atoms with Gasteiger partial charge in [-0.05, 0) is 30.3 Å². The van der Waals surface area contributed by atoms with E-state index in [1.165, 1.54) is 6.07 Å². The number of benzene rings is 1. The van der Waals surface area contributed by atoms with Gasteiger partial charge in [-0.2, -0.15) is 0 Å². The molecule has 0 fully saturated rings. The number of aliphatic hydroxyl groups is 1. The van der Waals surface area contributed by atoms with Gasteiger partial charge in [0, 0.05) is 11.8 Å². The van der Waals surface area contributed by atoms with Crippen molar-refractivity contribution in [3.8, 4) is 22.8 Å². The van der Waals surface area contributed by atoms with E-state index >= 15 is 0 Å². The van der Waals surface area contributed by atoms with E-state index in [4.69, 9.17) is 9.47 Å². The van der Waals surface area contributed by atoms with E-state index in [1.807, 2.05) is 6.07 Å². The van der Waals surface area contributed by atoms with E-state index in [0.717, 1.165) is 5.56 Å². The lowest BCUT2D eigenvalue weighted by Gasteiger charge is -2.03. The number of nitrogens with zero attached hydrogens (tertiary/aromatic N) is 2. The molecule has 2 aromatic heterocycles. The lowest BCUT2D eigenvalue weighted by Crippen LogP contribution is -1.95. The zero-order valence-corrected chi connectivity index (χ0v) is 10.9. The highest BCUT2D eigenvalue weighted by atomic mass is 19.1. The molecule has 6 heteroatoms. The molecule has 0 unspecified atom stereocenters. The zero-order chi connectivity index (χ0) is 14.4. The monoisotopic (exact) mass is 286 g/mol. The Hall–Kier alpha value is -2.60. The summed E-state index contributed by atoms with van der Waals surface area (Å²) >= 11 is 0. The fourth-order valence-electron chi connectivity index (χ4n) is 2.51. The number of aromatic nitrogens is 2. The minimum Gasteiger partial charge on any atom is -0.454 e. The summed E-state index contributed by atoms with van der Waals surface area (Å²) < 4.78 is 26.0. The van der Waals surface area contributed by atoms with Crippen molar-refractivity contribution in [3.63, 3.8) is 0 Å². The first-order chi connectivity index (χ1) is 10.3. The van der Waals surface area contributed by atoms with Gasteiger partial charge in [0.1, 0.15) is 0 Å². The first kappa shape index (κ1) is 12.2. The maximum Gasteiger partial charge on any atom is 0.231 e. The first-order valence-electron chi connectivity index (χ1n) is 6.44. The lowest BCUT2D eigenvalue weighted by molar-refractivity contribution is 0.174. The van der Waals surface area contributed by atoms with E-state index in [9.17, 15) is 9.50 Å². The lowest BCUT2D eigenvalue weighted by atomic mass is 10.1. The molecule has 21 heavy (non-hydrogen) atoms. The molecule has 0 bridgehead atoms. The number of halogens is 1. The Labute approximate surface area is 119 Å². The molecule has 1 aromatic carbocycles. The van der Waals surface area contributed by atoms with Gasteiger partial charge >= 0.3 is 0 Å². The third-order valence-electron chi connectivity index (χ3n) is 3.50. The molecule has 1 aliphatic heterocycles. The van der Waals surface area contributed by atoms with Crippen LogP contribution in [-0.4, -0.2) is 21.3 Å². The van der Waals surface area contributed by atoms with Gasteiger partial charge in [-0.1, -0.05) is 0 Å². The molecule has 0 amide bonds. The predicted molar refractivity (Wildman–Crippen MR) is 72.6 cm³/mol. The molecule has 0 saturated carbocycles. The summed E-state index contributed by atoms with van der Waals surface area (Å²) in [5, 5.41) is 9.61. The number of rotatable bonds is 2. The van der Waals surface area contributed by atoms with Crippen LogP contribution in [0, 0.1) is 5.82 Å². The topological polar surface area (TPSA) is 56.0 Å². The van der Waals surface area contributed by atoms with Crippen LogP contribution in [0.3, 0.4) is 0 Å². The van der Waals surface area contributed by atoms with Crippen LogP contribution >= 0.6 is 0 Å². The molecular weight excluding hydrogens is 275 g/mol. The maximum absolute atomic E-state index is 13.8. The molecule has 0 saturated heterocycles. The summed E-state index contributed by atoms with van der Waals surface area (Å²) in [6.45, 7) is -0.0557. The SMILES string of the molecule is OCc1c(-c2ccc3c(c2)OCO3)nc2c(F)cccn12. The van der Waals surface area contributed by atoms with E-state index in [0.29, 0.717) is 22.9 Å². The average Bonchev–Trinajstić information content (AvgIpc) is 3.10. The fraction of sp³-hybridized carbons (Fsp3) is 0.133. The van der Waals surface area contributed by atoms with Gasteiger partial charge in [-0.3, -0.25) is 4.40 Å². The van der Waals surface area contributed by atoms with Crippen LogP contribution in [0.4, 0.5) is 4.39 Å². The zero-order valence-electron chi connectivity index (χ0n) is 10.9. The summed E-state index contributed by atoms with van der Waals surface area (Å²) in [5.74, 6) is 0.854. The van der Waals surface area contributed by atoms with Crippen LogP contribution in [0.1, 0.15) is 5.69 Å². The van der Waals surface area contributed by atoms with Crippen LogP contribution in [0.15, 0.2) is 36.5 Å². The molecule has 0 atom stereocenters. The van der Waals surface area contributed by atoms with Crippen LogP contribution in [0.2, 0.25) is 0 Å². The van der Waals surface area contributed by atoms with Gasteiger partial charge in [0.25, 0.3) is 0 Å². The standard InChI is InChI=1S/C15H11FN2O3/c16-10-2-1-5-18-11(7-19)14(17-15(10)18)9-3-4-12-13(6-9)21-8-20-12/h1-6,19H,7-8H2. The third-order valence-corrected chi connectivity index (χ3v) is 3.50. The average molecular weight is 286 g/mol. The van der Waals surface area contributed by atoms with Crippen molar-refractivity contribution in [2.45, 2.75) is 6.61 Å². The molecule has 0 spiro atoms. The molecule has 3 heterocycles. The quantitative estimate of drug-likeness (QED) is 0.785. The minimum absolute atomic E-state index is 0.186. The van der Waals surface area contributed by atoms with Crippen molar-refractivity contribution >= 4 is 5.65 Å². The molecule has 4 rings (SSSR count). The van der Waals surface area contributed by atoms with Crippen molar-refractivity contribution in [1.82, 2.24) is 9.38 Å². The van der Waals surface area contributed by atoms with Crippen LogP contribution in [-0.2, 0) is 6.61 Å². The van der Waals surface area contributed by atoms with E-state index < -0.39 is 5.82 Å². The Morgan fingerprint density at radius 3 is 2.95 bits per heavy atom. The van der Waals surface area contributed by atoms with Crippen LogP contribution in [0.25, 0.3) is 16.9 Å². The van der Waals surface area contributed by atoms with Gasteiger partial charge in [0.15, 0.2) is 23.0 Å². The molecule has 1 aliphatic rings. The highest BCUT2D eigenvalue weighted by Crippen LogP contribution is 2.36. The number of hydrogen-bond donors (Lipinski definition) is 1. The first-order valence-corrected chi connectivity index (χ1v) is 6.44. The number of imidazole rings is 1. The van der Waals surface area contributed by atoms with Gasteiger partial charge in [0.2, 0.25) is 6.79 Å². The summed E-state index contributed by atoms with van der Waals surface area (Å²) in [6.07, 6.45) is 1.67. The van der Waals surface area contributed by atoms with Crippen LogP contribution < -0.4 is 9.47 Å². The normalized spacial score (nSPS) is 13.0. The van der Waals surface area contributed by atoms with Gasteiger partial charge in [-0.15, -0.1) is 0 Å². The second kappa shape index (κ2) is 4.46.